The molecular formula is C26H25N3O4S. The van der Waals surface area contributed by atoms with E-state index >= 15 is 0 Å². The van der Waals surface area contributed by atoms with E-state index in [-0.39, 0.29) is 17.7 Å². The molecule has 1 aliphatic heterocycles. The smallest absolute Gasteiger partial charge is 0.289 e. The first-order valence-corrected chi connectivity index (χ1v) is 12.1. The lowest BCUT2D eigenvalue weighted by molar-refractivity contribution is -0.123. The number of fused-ring (bicyclic) bond motifs is 1. The minimum absolute atomic E-state index is 0.0416. The van der Waals surface area contributed by atoms with E-state index in [9.17, 15) is 9.59 Å². The number of carbonyl (C=O) groups excluding carboxylic acids is 2. The molecule has 4 aromatic rings. The van der Waals surface area contributed by atoms with Crippen LogP contribution in [0.3, 0.4) is 0 Å². The normalized spacial score (nSPS) is 14.3. The number of piperidine rings is 1. The summed E-state index contributed by atoms with van der Waals surface area (Å²) in [7, 11) is 1.64. The van der Waals surface area contributed by atoms with Crippen molar-refractivity contribution in [1.29, 1.82) is 0 Å². The van der Waals surface area contributed by atoms with Crippen molar-refractivity contribution in [3.8, 4) is 5.75 Å². The van der Waals surface area contributed by atoms with Gasteiger partial charge in [0, 0.05) is 19.0 Å². The number of nitrogens with zero attached hydrogens (tertiary/aromatic N) is 3. The average molecular weight is 476 g/mol. The molecule has 0 radical (unpaired) electrons. The third-order valence-corrected chi connectivity index (χ3v) is 7.17. The van der Waals surface area contributed by atoms with Crippen LogP contribution in [0, 0.1) is 5.92 Å². The lowest BCUT2D eigenvalue weighted by atomic mass is 9.95. The summed E-state index contributed by atoms with van der Waals surface area (Å²) in [6.45, 7) is 1.49. The van der Waals surface area contributed by atoms with Crippen LogP contribution in [0.5, 0.6) is 5.75 Å². The van der Waals surface area contributed by atoms with Gasteiger partial charge in [-0.2, -0.15) is 0 Å². The van der Waals surface area contributed by atoms with Gasteiger partial charge in [-0.25, -0.2) is 4.98 Å². The van der Waals surface area contributed by atoms with Crippen LogP contribution in [0.4, 0.5) is 5.13 Å². The van der Waals surface area contributed by atoms with E-state index in [2.05, 4.69) is 0 Å². The van der Waals surface area contributed by atoms with Crippen LogP contribution in [0.1, 0.15) is 29.0 Å². The van der Waals surface area contributed by atoms with Gasteiger partial charge in [-0.05, 0) is 48.7 Å². The van der Waals surface area contributed by atoms with E-state index in [1.807, 2.05) is 48.5 Å². The van der Waals surface area contributed by atoms with E-state index < -0.39 is 0 Å². The highest BCUT2D eigenvalue weighted by Crippen LogP contribution is 2.34. The quantitative estimate of drug-likeness (QED) is 0.393. The summed E-state index contributed by atoms with van der Waals surface area (Å²) >= 11 is 1.49. The summed E-state index contributed by atoms with van der Waals surface area (Å²) in [5, 5.41) is 0.672. The van der Waals surface area contributed by atoms with Gasteiger partial charge in [0.1, 0.15) is 5.75 Å². The first-order chi connectivity index (χ1) is 16.6. The first kappa shape index (κ1) is 22.2. The molecule has 2 amide bonds. The summed E-state index contributed by atoms with van der Waals surface area (Å²) in [6, 6.07) is 19.1. The minimum Gasteiger partial charge on any atom is -0.497 e. The Hall–Kier alpha value is -3.65. The van der Waals surface area contributed by atoms with Crippen molar-refractivity contribution >= 4 is 38.5 Å². The molecule has 0 saturated carbocycles. The molecule has 0 bridgehead atoms. The number of likely N-dealkylation sites (tertiary alicyclic amines) is 1. The molecule has 2 aromatic carbocycles. The molecule has 0 spiro atoms. The summed E-state index contributed by atoms with van der Waals surface area (Å²) in [4.78, 5) is 34.7. The monoisotopic (exact) mass is 475 g/mol. The summed E-state index contributed by atoms with van der Waals surface area (Å²) in [5.41, 5.74) is 1.88. The van der Waals surface area contributed by atoms with Gasteiger partial charge in [-0.1, -0.05) is 41.7 Å². The van der Waals surface area contributed by atoms with Gasteiger partial charge in [-0.15, -0.1) is 0 Å². The second-order valence-corrected chi connectivity index (χ2v) is 9.29. The van der Waals surface area contributed by atoms with Crippen LogP contribution in [0.15, 0.2) is 71.3 Å². The van der Waals surface area contributed by atoms with Crippen LogP contribution < -0.4 is 9.64 Å². The van der Waals surface area contributed by atoms with Gasteiger partial charge in [0.05, 0.1) is 30.1 Å². The van der Waals surface area contributed by atoms with Gasteiger partial charge in [0.2, 0.25) is 5.91 Å². The number of amides is 2. The molecule has 3 heterocycles. The number of aromatic nitrogens is 1. The molecule has 0 N–H and O–H groups in total. The molecule has 5 rings (SSSR count). The number of thiazole rings is 1. The topological polar surface area (TPSA) is 75.9 Å². The molecule has 2 aromatic heterocycles. The number of hydrogen-bond acceptors (Lipinski definition) is 6. The van der Waals surface area contributed by atoms with Gasteiger partial charge in [0.25, 0.3) is 5.91 Å². The summed E-state index contributed by atoms with van der Waals surface area (Å²) in [6.07, 6.45) is 2.71. The second-order valence-electron chi connectivity index (χ2n) is 8.28. The number of benzene rings is 2. The van der Waals surface area contributed by atoms with Crippen LogP contribution in [-0.2, 0) is 11.3 Å². The lowest BCUT2D eigenvalue weighted by Crippen LogP contribution is -2.44. The molecule has 1 fully saturated rings. The molecule has 0 aliphatic carbocycles. The van der Waals surface area contributed by atoms with Crippen molar-refractivity contribution in [3.05, 3.63) is 78.3 Å². The van der Waals surface area contributed by atoms with E-state index in [0.717, 1.165) is 21.5 Å². The summed E-state index contributed by atoms with van der Waals surface area (Å²) < 4.78 is 11.6. The van der Waals surface area contributed by atoms with E-state index in [1.54, 1.807) is 29.0 Å². The zero-order valence-corrected chi connectivity index (χ0v) is 19.7. The molecular weight excluding hydrogens is 450 g/mol. The Kier molecular flexibility index (Phi) is 6.31. The zero-order chi connectivity index (χ0) is 23.5. The molecule has 1 saturated heterocycles. The third kappa shape index (κ3) is 4.54. The van der Waals surface area contributed by atoms with Crippen LogP contribution in [0.25, 0.3) is 10.2 Å². The third-order valence-electron chi connectivity index (χ3n) is 6.13. The molecule has 0 atom stereocenters. The highest BCUT2D eigenvalue weighted by molar-refractivity contribution is 7.22. The Morgan fingerprint density at radius 2 is 1.91 bits per heavy atom. The van der Waals surface area contributed by atoms with Gasteiger partial charge in [-0.3, -0.25) is 14.5 Å². The zero-order valence-electron chi connectivity index (χ0n) is 18.8. The van der Waals surface area contributed by atoms with Gasteiger partial charge in [0.15, 0.2) is 10.9 Å². The van der Waals surface area contributed by atoms with Crippen molar-refractivity contribution in [2.45, 2.75) is 19.4 Å². The van der Waals surface area contributed by atoms with Crippen molar-refractivity contribution in [3.63, 3.8) is 0 Å². The van der Waals surface area contributed by atoms with E-state index in [1.165, 1.54) is 17.6 Å². The number of rotatable bonds is 6. The van der Waals surface area contributed by atoms with Crippen molar-refractivity contribution in [2.75, 3.05) is 25.1 Å². The number of carbonyl (C=O) groups is 2. The van der Waals surface area contributed by atoms with E-state index in [4.69, 9.17) is 14.1 Å². The second kappa shape index (κ2) is 9.69. The van der Waals surface area contributed by atoms with E-state index in [0.29, 0.717) is 43.4 Å². The van der Waals surface area contributed by atoms with Crippen LogP contribution in [0.2, 0.25) is 0 Å². The molecule has 7 nitrogen and oxygen atoms in total. The molecule has 8 heteroatoms. The minimum atomic E-state index is -0.175. The number of methoxy groups -OCH3 is 1. The van der Waals surface area contributed by atoms with Crippen molar-refractivity contribution in [2.24, 2.45) is 5.92 Å². The molecule has 0 unspecified atom stereocenters. The highest BCUT2D eigenvalue weighted by Gasteiger charge is 2.33. The Labute approximate surface area is 201 Å². The standard InChI is InChI=1S/C26H25N3O4S/c1-32-20-9-10-21-23(16-20)34-26(27-21)29(17-18-6-3-2-4-7-18)24(30)19-11-13-28(14-12-19)25(31)22-8-5-15-33-22/h2-10,15-16,19H,11-14,17H2,1H3. The Morgan fingerprint density at radius 1 is 1.12 bits per heavy atom. The van der Waals surface area contributed by atoms with Gasteiger partial charge < -0.3 is 14.1 Å². The fourth-order valence-electron chi connectivity index (χ4n) is 4.25. The maximum Gasteiger partial charge on any atom is 0.289 e. The molecule has 174 valence electrons. The fourth-order valence-corrected chi connectivity index (χ4v) is 5.25. The number of anilines is 1. The average Bonchev–Trinajstić information content (AvgIpc) is 3.57. The Morgan fingerprint density at radius 3 is 2.62 bits per heavy atom. The highest BCUT2D eigenvalue weighted by atomic mass is 32.1. The van der Waals surface area contributed by atoms with Crippen LogP contribution >= 0.6 is 11.3 Å². The maximum atomic E-state index is 13.8. The summed E-state index contributed by atoms with van der Waals surface area (Å²) in [5.74, 6) is 0.834. The Bertz CT molecular complexity index is 1280. The predicted molar refractivity (Wildman–Crippen MR) is 131 cm³/mol. The predicted octanol–water partition coefficient (Wildman–Crippen LogP) is 4.98. The number of hydrogen-bond donors (Lipinski definition) is 0. The lowest BCUT2D eigenvalue weighted by Gasteiger charge is -2.33. The first-order valence-electron chi connectivity index (χ1n) is 11.2. The van der Waals surface area contributed by atoms with Crippen LogP contribution in [-0.4, -0.2) is 41.9 Å². The molecule has 34 heavy (non-hydrogen) atoms. The van der Waals surface area contributed by atoms with Gasteiger partial charge >= 0.3 is 0 Å². The van der Waals surface area contributed by atoms with Crippen molar-refractivity contribution < 1.29 is 18.7 Å². The number of ether oxygens (including phenoxy) is 1. The largest absolute Gasteiger partial charge is 0.497 e. The fraction of sp³-hybridized carbons (Fsp3) is 0.269. The number of furan rings is 1. The molecule has 1 aliphatic rings. The Balaban J connectivity index is 1.37. The SMILES string of the molecule is COc1ccc2nc(N(Cc3ccccc3)C(=O)C3CCN(C(=O)c4ccco4)CC3)sc2c1. The maximum absolute atomic E-state index is 13.8. The van der Waals surface area contributed by atoms with Crippen molar-refractivity contribution in [1.82, 2.24) is 9.88 Å².